The molecule has 3 rings (SSSR count). The molecule has 0 aromatic heterocycles. The van der Waals surface area contributed by atoms with Crippen LogP contribution < -0.4 is 0 Å². The number of ether oxygens (including phenoxy) is 2. The Labute approximate surface area is 166 Å². The van der Waals surface area contributed by atoms with Gasteiger partial charge >= 0.3 is 6.11 Å². The van der Waals surface area contributed by atoms with Gasteiger partial charge in [0.15, 0.2) is 6.17 Å². The van der Waals surface area contributed by atoms with Crippen molar-refractivity contribution >= 4 is 0 Å². The summed E-state index contributed by atoms with van der Waals surface area (Å²) in [6.45, 7) is 2.88. The average molecular weight is 421 g/mol. The van der Waals surface area contributed by atoms with E-state index in [1.165, 1.54) is 0 Å². The maximum Gasteiger partial charge on any atom is 0.358 e. The molecule has 0 radical (unpaired) electrons. The van der Waals surface area contributed by atoms with Gasteiger partial charge < -0.3 is 14.9 Å². The van der Waals surface area contributed by atoms with E-state index in [4.69, 9.17) is 9.47 Å². The molecule has 28 heavy (non-hydrogen) atoms. The van der Waals surface area contributed by atoms with Crippen molar-refractivity contribution in [3.8, 4) is 0 Å². The number of hydrogen-bond donors (Lipinski definition) is 0. The second-order valence-electron chi connectivity index (χ2n) is 8.42. The maximum absolute atomic E-state index is 14.5. The zero-order chi connectivity index (χ0) is 18.9. The molecule has 0 aromatic carbocycles. The van der Waals surface area contributed by atoms with E-state index in [0.717, 1.165) is 19.4 Å². The van der Waals surface area contributed by atoms with E-state index >= 15 is 0 Å². The van der Waals surface area contributed by atoms with E-state index in [0.29, 0.717) is 37.5 Å². The Balaban J connectivity index is 0.00000261. The highest BCUT2D eigenvalue weighted by Crippen LogP contribution is 2.44. The van der Waals surface area contributed by atoms with Crippen molar-refractivity contribution in [2.24, 2.45) is 17.8 Å². The molecule has 0 spiro atoms. The molecular weight excluding hydrogens is 383 g/mol. The van der Waals surface area contributed by atoms with Crippen LogP contribution in [0.4, 0.5) is 22.0 Å². The molecule has 0 aromatic rings. The minimum absolute atomic E-state index is 0. The van der Waals surface area contributed by atoms with Gasteiger partial charge in [0.05, 0.1) is 18.1 Å². The van der Waals surface area contributed by atoms with Gasteiger partial charge in [0, 0.05) is 20.9 Å². The lowest BCUT2D eigenvalue weighted by atomic mass is 9.77. The quantitative estimate of drug-likeness (QED) is 0.568. The molecule has 1 saturated heterocycles. The summed E-state index contributed by atoms with van der Waals surface area (Å²) in [5, 5.41) is 0. The summed E-state index contributed by atoms with van der Waals surface area (Å²) in [5.74, 6) is -0.110. The van der Waals surface area contributed by atoms with Gasteiger partial charge in [-0.1, -0.05) is 14.4 Å². The third-order valence-electron chi connectivity index (χ3n) is 6.30. The molecule has 4 unspecified atom stereocenters. The molecule has 8 heteroatoms. The summed E-state index contributed by atoms with van der Waals surface area (Å²) in [5.41, 5.74) is 0. The van der Waals surface area contributed by atoms with Gasteiger partial charge in [-0.2, -0.15) is 8.78 Å². The van der Waals surface area contributed by atoms with E-state index in [-0.39, 0.29) is 20.4 Å². The normalized spacial score (nSPS) is 42.2. The summed E-state index contributed by atoms with van der Waals surface area (Å²) in [6, 6.07) is 0. The third-order valence-corrected chi connectivity index (χ3v) is 6.30. The van der Waals surface area contributed by atoms with Crippen molar-refractivity contribution in [3.63, 3.8) is 0 Å². The molecule has 0 bridgehead atoms. The van der Waals surface area contributed by atoms with Crippen molar-refractivity contribution in [2.45, 2.75) is 103 Å². The van der Waals surface area contributed by atoms with Crippen LogP contribution in [0.5, 0.6) is 0 Å². The van der Waals surface area contributed by atoms with E-state index in [1.54, 1.807) is 0 Å². The van der Waals surface area contributed by atoms with Crippen molar-refractivity contribution < 1.29 is 38.3 Å². The number of hydrogen-bond acceptors (Lipinski definition) is 2. The molecule has 4 atom stereocenters. The Morgan fingerprint density at radius 1 is 0.929 bits per heavy atom. The zero-order valence-electron chi connectivity index (χ0n) is 15.7. The van der Waals surface area contributed by atoms with Crippen LogP contribution in [0, 0.1) is 17.8 Å². The van der Waals surface area contributed by atoms with Gasteiger partial charge in [0.25, 0.3) is 0 Å². The van der Waals surface area contributed by atoms with Crippen molar-refractivity contribution in [2.75, 3.05) is 6.61 Å². The van der Waals surface area contributed by atoms with E-state index in [2.05, 4.69) is 6.92 Å². The fourth-order valence-corrected chi connectivity index (χ4v) is 4.60. The van der Waals surface area contributed by atoms with Crippen LogP contribution in [0.2, 0.25) is 0 Å². The highest BCUT2D eigenvalue weighted by Gasteiger charge is 2.48. The number of alkyl halides is 5. The lowest BCUT2D eigenvalue weighted by Gasteiger charge is -2.40. The molecule has 3 fully saturated rings. The molecule has 3 nitrogen and oxygen atoms in total. The molecule has 1 aliphatic heterocycles. The Bertz CT molecular complexity index is 445. The third kappa shape index (κ3) is 6.02. The molecule has 2 aliphatic carbocycles. The first-order chi connectivity index (χ1) is 12.3. The van der Waals surface area contributed by atoms with Gasteiger partial charge in [-0.3, -0.25) is 0 Å². The summed E-state index contributed by atoms with van der Waals surface area (Å²) in [7, 11) is 0. The Morgan fingerprint density at radius 3 is 2.00 bits per heavy atom. The molecule has 2 saturated carbocycles. The predicted molar refractivity (Wildman–Crippen MR) is 99.8 cm³/mol. The fourth-order valence-electron chi connectivity index (χ4n) is 4.60. The van der Waals surface area contributed by atoms with E-state index < -0.39 is 49.5 Å². The van der Waals surface area contributed by atoms with Crippen molar-refractivity contribution in [1.29, 1.82) is 0 Å². The predicted octanol–water partition coefficient (Wildman–Crippen LogP) is 5.45. The van der Waals surface area contributed by atoms with E-state index in [1.807, 2.05) is 0 Å². The second kappa shape index (κ2) is 10.5. The first-order valence-corrected chi connectivity index (χ1v) is 9.85. The molecule has 1 heterocycles. The van der Waals surface area contributed by atoms with Crippen molar-refractivity contribution in [3.05, 3.63) is 0 Å². The number of rotatable bonds is 4. The van der Waals surface area contributed by atoms with Crippen molar-refractivity contribution in [1.82, 2.24) is 0 Å². The number of halogens is 5. The first kappa shape index (κ1) is 25.6. The van der Waals surface area contributed by atoms with E-state index in [9.17, 15) is 22.0 Å². The Hall–Kier alpha value is -0.470. The van der Waals surface area contributed by atoms with Gasteiger partial charge in [0.2, 0.25) is 0 Å². The lowest BCUT2D eigenvalue weighted by molar-refractivity contribution is -0.307. The Morgan fingerprint density at radius 2 is 1.50 bits per heavy atom. The molecule has 2 N–H and O–H groups in total. The molecule has 0 amide bonds. The smallest absolute Gasteiger partial charge is 0.358 e. The lowest BCUT2D eigenvalue weighted by Crippen LogP contribution is -2.45. The minimum atomic E-state index is -3.43. The second-order valence-corrected chi connectivity index (χ2v) is 8.42. The van der Waals surface area contributed by atoms with Gasteiger partial charge in [-0.05, 0) is 50.4 Å². The van der Waals surface area contributed by atoms with Gasteiger partial charge in [0.1, 0.15) is 12.3 Å². The topological polar surface area (TPSA) is 50.0 Å². The molecule has 3 aliphatic rings. The zero-order valence-corrected chi connectivity index (χ0v) is 15.7. The first-order valence-electron chi connectivity index (χ1n) is 9.85. The minimum Gasteiger partial charge on any atom is -0.412 e. The van der Waals surface area contributed by atoms with Crippen LogP contribution >= 0.6 is 0 Å². The van der Waals surface area contributed by atoms with Gasteiger partial charge in [-0.25, -0.2) is 13.2 Å². The largest absolute Gasteiger partial charge is 0.412 e. The Kier molecular flexibility index (Phi) is 9.61. The average Bonchev–Trinajstić information content (AvgIpc) is 2.60. The fraction of sp³-hybridized carbons (Fsp3) is 1.00. The molecular formula is C20H37F5O3. The SMILES string of the molecule is C.CC1CCC(C2CCC(C(F)(F)OC3CC(F)C(F)C(F)C3)CC2)OC1.O.[HH]. The van der Waals surface area contributed by atoms with Crippen LogP contribution in [0.25, 0.3) is 0 Å². The standard InChI is InChI=1S/C19H29F5O2.CH4.H2O.H2/c1-11-2-7-17(25-10-11)12-3-5-13(6-4-12)19(23,24)26-14-8-15(20)18(22)16(21)9-14;;;/h11-18H,2-10H2,1H3;1H4;1H2;1H. The summed E-state index contributed by atoms with van der Waals surface area (Å²) < 4.78 is 79.6. The monoisotopic (exact) mass is 420 g/mol. The molecule has 170 valence electrons. The maximum atomic E-state index is 14.5. The van der Waals surface area contributed by atoms with Crippen LogP contribution in [0.1, 0.15) is 67.1 Å². The van der Waals surface area contributed by atoms with Crippen LogP contribution in [0.15, 0.2) is 0 Å². The summed E-state index contributed by atoms with van der Waals surface area (Å²) >= 11 is 0. The highest BCUT2D eigenvalue weighted by atomic mass is 19.3. The van der Waals surface area contributed by atoms with Gasteiger partial charge in [-0.15, -0.1) is 0 Å². The van der Waals surface area contributed by atoms with Crippen LogP contribution in [-0.4, -0.2) is 48.9 Å². The van der Waals surface area contributed by atoms with Crippen LogP contribution in [0.3, 0.4) is 0 Å². The summed E-state index contributed by atoms with van der Waals surface area (Å²) in [4.78, 5) is 0. The highest BCUT2D eigenvalue weighted by molar-refractivity contribution is 4.89. The summed E-state index contributed by atoms with van der Waals surface area (Å²) in [6.07, 6.45) is -7.98. The van der Waals surface area contributed by atoms with Crippen LogP contribution in [-0.2, 0) is 9.47 Å².